The van der Waals surface area contributed by atoms with E-state index in [1.54, 1.807) is 12.1 Å². The molecular formula is C27H24N2O4S. The molecule has 4 rings (SSSR count). The number of carboxylic acid groups (broad SMARTS) is 1. The average Bonchev–Trinajstić information content (AvgIpc) is 3.28. The van der Waals surface area contributed by atoms with E-state index in [2.05, 4.69) is 11.4 Å². The first-order valence-corrected chi connectivity index (χ1v) is 11.7. The summed E-state index contributed by atoms with van der Waals surface area (Å²) < 4.78 is 0. The highest BCUT2D eigenvalue weighted by atomic mass is 32.2. The predicted molar refractivity (Wildman–Crippen MR) is 134 cm³/mol. The summed E-state index contributed by atoms with van der Waals surface area (Å²) in [7, 11) is 0. The molecule has 6 nitrogen and oxygen atoms in total. The quantitative estimate of drug-likeness (QED) is 0.370. The molecule has 0 spiro atoms. The molecule has 2 N–H and O–H groups in total. The zero-order chi connectivity index (χ0) is 24.1. The highest BCUT2D eigenvalue weighted by Crippen LogP contribution is 2.40. The fourth-order valence-corrected chi connectivity index (χ4v) is 4.87. The number of carbonyl (C=O) groups is 3. The Balaban J connectivity index is 1.53. The van der Waals surface area contributed by atoms with Crippen molar-refractivity contribution in [2.75, 3.05) is 16.8 Å². The fraction of sp³-hybridized carbons (Fsp3) is 0.148. The van der Waals surface area contributed by atoms with Crippen LogP contribution in [0.3, 0.4) is 0 Å². The van der Waals surface area contributed by atoms with Crippen molar-refractivity contribution >= 4 is 40.9 Å². The lowest BCUT2D eigenvalue weighted by atomic mass is 10.1. The molecule has 34 heavy (non-hydrogen) atoms. The van der Waals surface area contributed by atoms with Gasteiger partial charge in [-0.1, -0.05) is 48.5 Å². The Bertz CT molecular complexity index is 1240. The number of nitrogens with zero attached hydrogens (tertiary/aromatic N) is 1. The lowest BCUT2D eigenvalue weighted by Crippen LogP contribution is -2.32. The summed E-state index contributed by atoms with van der Waals surface area (Å²) in [6.45, 7) is 2.03. The monoisotopic (exact) mass is 472 g/mol. The van der Waals surface area contributed by atoms with Crippen molar-refractivity contribution in [2.24, 2.45) is 0 Å². The topological polar surface area (TPSA) is 86.7 Å². The summed E-state index contributed by atoms with van der Waals surface area (Å²) in [5.74, 6) is -1.61. The minimum absolute atomic E-state index is 0.0350. The number of hydrogen-bond donors (Lipinski definition) is 2. The van der Waals surface area contributed by atoms with Crippen LogP contribution in [0.1, 0.15) is 23.3 Å². The molecule has 7 heteroatoms. The second-order valence-corrected chi connectivity index (χ2v) is 9.10. The average molecular weight is 473 g/mol. The molecule has 2 amide bonds. The van der Waals surface area contributed by atoms with E-state index < -0.39 is 17.1 Å². The van der Waals surface area contributed by atoms with Crippen molar-refractivity contribution in [3.63, 3.8) is 0 Å². The van der Waals surface area contributed by atoms with Gasteiger partial charge in [-0.3, -0.25) is 9.59 Å². The van der Waals surface area contributed by atoms with Crippen LogP contribution in [0.2, 0.25) is 0 Å². The zero-order valence-corrected chi connectivity index (χ0v) is 19.4. The smallest absolute Gasteiger partial charge is 0.331 e. The Morgan fingerprint density at radius 3 is 2.35 bits per heavy atom. The Hall–Kier alpha value is -3.84. The van der Waals surface area contributed by atoms with Crippen molar-refractivity contribution in [1.29, 1.82) is 0 Å². The number of carbonyl (C=O) groups excluding carboxylic acids is 2. The van der Waals surface area contributed by atoms with E-state index in [0.717, 1.165) is 28.6 Å². The molecule has 0 fully saturated rings. The molecule has 1 atom stereocenters. The highest BCUT2D eigenvalue weighted by Gasteiger charge is 2.31. The Labute approximate surface area is 202 Å². The van der Waals surface area contributed by atoms with Crippen LogP contribution in [-0.2, 0) is 20.8 Å². The Kier molecular flexibility index (Phi) is 7.13. The number of anilines is 2. The summed E-state index contributed by atoms with van der Waals surface area (Å²) in [5, 5.41) is 11.1. The Morgan fingerprint density at radius 1 is 0.971 bits per heavy atom. The van der Waals surface area contributed by atoms with Crippen LogP contribution in [-0.4, -0.2) is 29.4 Å². The molecule has 1 aliphatic heterocycles. The van der Waals surface area contributed by atoms with E-state index in [-0.39, 0.29) is 11.5 Å². The van der Waals surface area contributed by atoms with Crippen LogP contribution in [0.5, 0.6) is 0 Å². The summed E-state index contributed by atoms with van der Waals surface area (Å²) >= 11 is 1.46. The number of thioether (sulfide) groups is 1. The van der Waals surface area contributed by atoms with Gasteiger partial charge in [0.05, 0.1) is 0 Å². The number of hydrogen-bond acceptors (Lipinski definition) is 4. The van der Waals surface area contributed by atoms with E-state index in [4.69, 9.17) is 5.11 Å². The standard InChI is InChI=1S/C27H24N2O4S/c1-18(27(32)33)17-24(30)28-21-11-13-22(14-12-21)34-25(20-8-3-2-4-9-20)26(31)29-16-15-19-7-5-6-10-23(19)29/h2-14,17,25H,15-16H2,1H3,(H,28,30)(H,32,33)/b18-17-. The maximum absolute atomic E-state index is 13.7. The van der Waals surface area contributed by atoms with Gasteiger partial charge in [0.15, 0.2) is 0 Å². The number of benzene rings is 3. The van der Waals surface area contributed by atoms with Gasteiger partial charge in [0, 0.05) is 34.5 Å². The maximum atomic E-state index is 13.7. The van der Waals surface area contributed by atoms with E-state index in [9.17, 15) is 14.4 Å². The van der Waals surface area contributed by atoms with Gasteiger partial charge in [0.1, 0.15) is 5.25 Å². The van der Waals surface area contributed by atoms with Gasteiger partial charge >= 0.3 is 5.97 Å². The van der Waals surface area contributed by atoms with Gasteiger partial charge in [0.2, 0.25) is 11.8 Å². The van der Waals surface area contributed by atoms with E-state index in [0.29, 0.717) is 12.2 Å². The first kappa shape index (κ1) is 23.3. The van der Waals surface area contributed by atoms with E-state index in [1.807, 2.05) is 65.6 Å². The Morgan fingerprint density at radius 2 is 1.65 bits per heavy atom. The van der Waals surface area contributed by atoms with Crippen molar-refractivity contribution in [1.82, 2.24) is 0 Å². The third kappa shape index (κ3) is 5.38. The third-order valence-corrected chi connectivity index (χ3v) is 6.79. The van der Waals surface area contributed by atoms with Gasteiger partial charge in [0.25, 0.3) is 0 Å². The van der Waals surface area contributed by atoms with Crippen LogP contribution in [0.25, 0.3) is 0 Å². The van der Waals surface area contributed by atoms with Gasteiger partial charge in [-0.05, 0) is 54.8 Å². The van der Waals surface area contributed by atoms with Crippen molar-refractivity contribution < 1.29 is 19.5 Å². The number of amides is 2. The van der Waals surface area contributed by atoms with Gasteiger partial charge < -0.3 is 15.3 Å². The normalized spacial score (nSPS) is 13.8. The highest BCUT2D eigenvalue weighted by molar-refractivity contribution is 8.00. The number of aliphatic carboxylic acids is 1. The minimum atomic E-state index is -1.14. The number of rotatable bonds is 7. The third-order valence-electron chi connectivity index (χ3n) is 5.54. The molecular weight excluding hydrogens is 448 g/mol. The second kappa shape index (κ2) is 10.4. The molecule has 3 aromatic carbocycles. The van der Waals surface area contributed by atoms with Crippen LogP contribution >= 0.6 is 11.8 Å². The first-order valence-electron chi connectivity index (χ1n) is 10.9. The second-order valence-electron chi connectivity index (χ2n) is 7.92. The SMILES string of the molecule is C/C(=C/C(=O)Nc1ccc(SC(C(=O)N2CCc3ccccc32)c2ccccc2)cc1)C(=O)O. The number of fused-ring (bicyclic) bond motifs is 1. The first-order chi connectivity index (χ1) is 16.4. The molecule has 1 aliphatic rings. The van der Waals surface area contributed by atoms with Crippen molar-refractivity contribution in [2.45, 2.75) is 23.5 Å². The van der Waals surface area contributed by atoms with Crippen LogP contribution < -0.4 is 10.2 Å². The molecule has 1 heterocycles. The largest absolute Gasteiger partial charge is 0.478 e. The summed E-state index contributed by atoms with van der Waals surface area (Å²) in [5.41, 5.74) is 3.57. The molecule has 172 valence electrons. The summed E-state index contributed by atoms with van der Waals surface area (Å²) in [6, 6.07) is 24.9. The van der Waals surface area contributed by atoms with Gasteiger partial charge in [-0.2, -0.15) is 0 Å². The molecule has 0 saturated carbocycles. The maximum Gasteiger partial charge on any atom is 0.331 e. The number of para-hydroxylation sites is 1. The molecule has 0 radical (unpaired) electrons. The molecule has 0 aliphatic carbocycles. The van der Waals surface area contributed by atoms with Crippen molar-refractivity contribution in [3.05, 3.63) is 102 Å². The molecule has 0 bridgehead atoms. The fourth-order valence-electron chi connectivity index (χ4n) is 3.79. The number of nitrogens with one attached hydrogen (secondary N) is 1. The van der Waals surface area contributed by atoms with E-state index >= 15 is 0 Å². The van der Waals surface area contributed by atoms with Crippen LogP contribution in [0.4, 0.5) is 11.4 Å². The number of carboxylic acids is 1. The lowest BCUT2D eigenvalue weighted by Gasteiger charge is -2.24. The lowest BCUT2D eigenvalue weighted by molar-refractivity contribution is -0.132. The minimum Gasteiger partial charge on any atom is -0.478 e. The predicted octanol–water partition coefficient (Wildman–Crippen LogP) is 5.08. The van der Waals surface area contributed by atoms with Crippen LogP contribution in [0, 0.1) is 0 Å². The molecule has 1 unspecified atom stereocenters. The summed E-state index contributed by atoms with van der Waals surface area (Å²) in [4.78, 5) is 39.3. The van der Waals surface area contributed by atoms with Gasteiger partial charge in [-0.25, -0.2) is 4.79 Å². The zero-order valence-electron chi connectivity index (χ0n) is 18.6. The van der Waals surface area contributed by atoms with Gasteiger partial charge in [-0.15, -0.1) is 11.8 Å². The molecule has 0 saturated heterocycles. The van der Waals surface area contributed by atoms with E-state index in [1.165, 1.54) is 24.2 Å². The molecule has 3 aromatic rings. The molecule has 0 aromatic heterocycles. The summed E-state index contributed by atoms with van der Waals surface area (Å²) in [6.07, 6.45) is 1.89. The van der Waals surface area contributed by atoms with Crippen molar-refractivity contribution in [3.8, 4) is 0 Å². The van der Waals surface area contributed by atoms with Crippen LogP contribution in [0.15, 0.2) is 95.4 Å².